The summed E-state index contributed by atoms with van der Waals surface area (Å²) >= 11 is 0. The summed E-state index contributed by atoms with van der Waals surface area (Å²) in [4.78, 5) is 25.9. The minimum atomic E-state index is -0.192. The van der Waals surface area contributed by atoms with Crippen LogP contribution in [0.1, 0.15) is 37.8 Å². The maximum absolute atomic E-state index is 13.0. The summed E-state index contributed by atoms with van der Waals surface area (Å²) in [7, 11) is 1.84. The molecular weight excluding hydrogens is 376 g/mol. The number of carbonyl (C=O) groups is 1. The van der Waals surface area contributed by atoms with E-state index in [1.54, 1.807) is 9.36 Å². The first-order valence-corrected chi connectivity index (χ1v) is 9.88. The number of carbonyl (C=O) groups excluding carboxylic acids is 1. The number of nitrogens with zero attached hydrogens (tertiary/aromatic N) is 2. The molecule has 2 aromatic rings. The molecule has 2 fully saturated rings. The quantitative estimate of drug-likeness (QED) is 0.824. The Hall–Kier alpha value is -2.05. The van der Waals surface area contributed by atoms with E-state index in [0.717, 1.165) is 37.1 Å². The molecule has 2 atom stereocenters. The smallest absolute Gasteiger partial charge is 0.295 e. The Morgan fingerprint density at radius 1 is 1.14 bits per heavy atom. The number of aromatic nitrogens is 2. The van der Waals surface area contributed by atoms with Gasteiger partial charge in [0.15, 0.2) is 0 Å². The normalized spacial score (nSPS) is 26.4. The van der Waals surface area contributed by atoms with Gasteiger partial charge < -0.3 is 11.1 Å². The number of halogens is 1. The molecule has 2 bridgehead atoms. The Kier molecular flexibility index (Phi) is 6.01. The van der Waals surface area contributed by atoms with Gasteiger partial charge in [0, 0.05) is 19.0 Å². The molecule has 1 aromatic carbocycles. The zero-order valence-electron chi connectivity index (χ0n) is 16.4. The van der Waals surface area contributed by atoms with Crippen LogP contribution in [0.3, 0.4) is 0 Å². The zero-order chi connectivity index (χ0) is 19.1. The van der Waals surface area contributed by atoms with Crippen LogP contribution in [0.15, 0.2) is 35.1 Å². The van der Waals surface area contributed by atoms with Gasteiger partial charge in [-0.3, -0.25) is 14.3 Å². The number of nitrogens with two attached hydrogens (primary N) is 1. The molecule has 0 radical (unpaired) electrons. The number of hydrogen-bond donors (Lipinski definition) is 2. The lowest BCUT2D eigenvalue weighted by Gasteiger charge is -2.43. The molecule has 2 aliphatic rings. The van der Waals surface area contributed by atoms with E-state index in [1.807, 2.05) is 44.3 Å². The fraction of sp³-hybridized carbons (Fsp3) is 0.524. The van der Waals surface area contributed by atoms with Crippen molar-refractivity contribution in [1.29, 1.82) is 0 Å². The van der Waals surface area contributed by atoms with Crippen molar-refractivity contribution < 1.29 is 4.79 Å². The Morgan fingerprint density at radius 2 is 1.75 bits per heavy atom. The first-order valence-electron chi connectivity index (χ1n) is 9.88. The van der Waals surface area contributed by atoms with Crippen LogP contribution in [0.2, 0.25) is 0 Å². The van der Waals surface area contributed by atoms with E-state index in [2.05, 4.69) is 5.32 Å². The second-order valence-corrected chi connectivity index (χ2v) is 8.12. The Bertz CT molecular complexity index is 891. The molecule has 2 unspecified atom stereocenters. The first-order chi connectivity index (χ1) is 13.0. The van der Waals surface area contributed by atoms with Crippen molar-refractivity contribution in [2.75, 3.05) is 5.32 Å². The van der Waals surface area contributed by atoms with Crippen LogP contribution >= 0.6 is 12.4 Å². The van der Waals surface area contributed by atoms with Crippen LogP contribution in [0, 0.1) is 24.7 Å². The number of nitrogens with one attached hydrogen (secondary N) is 1. The van der Waals surface area contributed by atoms with E-state index < -0.39 is 0 Å². The molecule has 152 valence electrons. The lowest BCUT2D eigenvalue weighted by Crippen LogP contribution is -2.48. The van der Waals surface area contributed by atoms with Crippen molar-refractivity contribution in [3.63, 3.8) is 0 Å². The molecule has 1 aromatic heterocycles. The largest absolute Gasteiger partial charge is 0.327 e. The van der Waals surface area contributed by atoms with Crippen LogP contribution in [-0.2, 0) is 11.8 Å². The highest BCUT2D eigenvalue weighted by atomic mass is 35.5. The van der Waals surface area contributed by atoms with E-state index in [0.29, 0.717) is 17.5 Å². The van der Waals surface area contributed by atoms with Gasteiger partial charge in [-0.2, -0.15) is 0 Å². The molecule has 4 rings (SSSR count). The second-order valence-electron chi connectivity index (χ2n) is 8.12. The Labute approximate surface area is 171 Å². The van der Waals surface area contributed by atoms with Crippen molar-refractivity contribution in [2.45, 2.75) is 45.1 Å². The molecule has 2 saturated carbocycles. The fourth-order valence-corrected chi connectivity index (χ4v) is 4.94. The van der Waals surface area contributed by atoms with Gasteiger partial charge >= 0.3 is 0 Å². The van der Waals surface area contributed by atoms with Gasteiger partial charge in [-0.15, -0.1) is 12.4 Å². The van der Waals surface area contributed by atoms with Crippen molar-refractivity contribution in [2.24, 2.45) is 30.5 Å². The highest BCUT2D eigenvalue weighted by molar-refractivity contribution is 5.93. The molecule has 0 aliphatic heterocycles. The standard InChI is InChI=1S/C21H28N4O2.ClH/c1-13-19(21(27)25(24(13)2)17-9-4-3-5-10-17)23-20(26)16-11-14-7-6-8-15(12-16)18(14)22;/h3-5,9-10,14-16,18H,6-8,11-12,22H2,1-2H3,(H,23,26);1H. The van der Waals surface area contributed by atoms with Gasteiger partial charge in [0.2, 0.25) is 5.91 Å². The predicted octanol–water partition coefficient (Wildman–Crippen LogP) is 3.00. The van der Waals surface area contributed by atoms with E-state index in [4.69, 9.17) is 5.73 Å². The summed E-state index contributed by atoms with van der Waals surface area (Å²) in [6.07, 6.45) is 5.13. The van der Waals surface area contributed by atoms with E-state index in [9.17, 15) is 9.59 Å². The van der Waals surface area contributed by atoms with Crippen LogP contribution in [0.5, 0.6) is 0 Å². The minimum absolute atomic E-state index is 0. The molecule has 1 amide bonds. The highest BCUT2D eigenvalue weighted by Crippen LogP contribution is 2.42. The van der Waals surface area contributed by atoms with Gasteiger partial charge in [-0.25, -0.2) is 4.68 Å². The van der Waals surface area contributed by atoms with Gasteiger partial charge in [0.1, 0.15) is 5.69 Å². The minimum Gasteiger partial charge on any atom is -0.327 e. The number of anilines is 1. The Balaban J connectivity index is 0.00000225. The predicted molar refractivity (Wildman–Crippen MR) is 113 cm³/mol. The molecule has 2 aliphatic carbocycles. The third-order valence-corrected chi connectivity index (χ3v) is 6.59. The second kappa shape index (κ2) is 8.13. The van der Waals surface area contributed by atoms with Crippen molar-refractivity contribution >= 4 is 24.0 Å². The molecule has 3 N–H and O–H groups in total. The molecule has 1 heterocycles. The monoisotopic (exact) mass is 404 g/mol. The van der Waals surface area contributed by atoms with Crippen molar-refractivity contribution in [1.82, 2.24) is 9.36 Å². The van der Waals surface area contributed by atoms with Crippen LogP contribution in [0.25, 0.3) is 5.69 Å². The topological polar surface area (TPSA) is 82.1 Å². The molecule has 7 heteroatoms. The van der Waals surface area contributed by atoms with E-state index in [-0.39, 0.29) is 35.8 Å². The maximum Gasteiger partial charge on any atom is 0.295 e. The summed E-state index contributed by atoms with van der Waals surface area (Å²) < 4.78 is 3.38. The van der Waals surface area contributed by atoms with Gasteiger partial charge in [0.05, 0.1) is 11.4 Å². The number of fused-ring (bicyclic) bond motifs is 2. The lowest BCUT2D eigenvalue weighted by atomic mass is 9.65. The van der Waals surface area contributed by atoms with Crippen molar-refractivity contribution in [3.05, 3.63) is 46.4 Å². The fourth-order valence-electron chi connectivity index (χ4n) is 4.94. The van der Waals surface area contributed by atoms with Crippen LogP contribution in [-0.4, -0.2) is 21.3 Å². The zero-order valence-corrected chi connectivity index (χ0v) is 17.2. The first kappa shape index (κ1) is 20.7. The van der Waals surface area contributed by atoms with E-state index >= 15 is 0 Å². The summed E-state index contributed by atoms with van der Waals surface area (Å²) in [5, 5.41) is 2.95. The molecular formula is C21H29ClN4O2. The van der Waals surface area contributed by atoms with Crippen LogP contribution in [0.4, 0.5) is 5.69 Å². The Morgan fingerprint density at radius 3 is 2.36 bits per heavy atom. The average Bonchev–Trinajstić information content (AvgIpc) is 2.85. The summed E-state index contributed by atoms with van der Waals surface area (Å²) in [6, 6.07) is 9.71. The van der Waals surface area contributed by atoms with Gasteiger partial charge in [0.25, 0.3) is 5.56 Å². The van der Waals surface area contributed by atoms with Gasteiger partial charge in [-0.05, 0) is 56.6 Å². The highest BCUT2D eigenvalue weighted by Gasteiger charge is 2.40. The summed E-state index contributed by atoms with van der Waals surface area (Å²) in [5.41, 5.74) is 8.07. The number of rotatable bonds is 3. The third-order valence-electron chi connectivity index (χ3n) is 6.59. The molecule has 0 spiro atoms. The SMILES string of the molecule is Cc1c(NC(=O)C2CC3CCCC(C2)C3N)c(=O)n(-c2ccccc2)n1C.Cl. The summed E-state index contributed by atoms with van der Waals surface area (Å²) in [5.74, 6) is 0.784. The maximum atomic E-state index is 13.0. The van der Waals surface area contributed by atoms with Gasteiger partial charge in [-0.1, -0.05) is 24.6 Å². The van der Waals surface area contributed by atoms with E-state index in [1.165, 1.54) is 6.42 Å². The lowest BCUT2D eigenvalue weighted by molar-refractivity contribution is -0.122. The molecule has 6 nitrogen and oxygen atoms in total. The van der Waals surface area contributed by atoms with Crippen molar-refractivity contribution in [3.8, 4) is 5.69 Å². The number of hydrogen-bond acceptors (Lipinski definition) is 3. The number of para-hydroxylation sites is 1. The molecule has 0 saturated heterocycles. The number of amides is 1. The average molecular weight is 405 g/mol. The van der Waals surface area contributed by atoms with Crippen LogP contribution < -0.4 is 16.6 Å². The number of benzene rings is 1. The summed E-state index contributed by atoms with van der Waals surface area (Å²) in [6.45, 7) is 1.86. The molecule has 28 heavy (non-hydrogen) atoms. The third kappa shape index (κ3) is 3.51.